The van der Waals surface area contributed by atoms with Crippen molar-refractivity contribution in [3.05, 3.63) is 42.1 Å². The molecular weight excluding hydrogens is 236 g/mol. The first-order chi connectivity index (χ1) is 9.15. The molecule has 0 atom stereocenters. The number of para-hydroxylation sites is 1. The molecule has 0 spiro atoms. The van der Waals surface area contributed by atoms with E-state index in [0.29, 0.717) is 6.42 Å². The third kappa shape index (κ3) is 2.77. The Kier molecular flexibility index (Phi) is 3.25. The Balaban J connectivity index is 1.81. The zero-order valence-corrected chi connectivity index (χ0v) is 11.0. The molecule has 3 heteroatoms. The highest BCUT2D eigenvalue weighted by Crippen LogP contribution is 2.30. The molecule has 1 aromatic carbocycles. The van der Waals surface area contributed by atoms with Crippen LogP contribution in [0.15, 0.2) is 36.4 Å². The van der Waals surface area contributed by atoms with Gasteiger partial charge in [0, 0.05) is 23.5 Å². The van der Waals surface area contributed by atoms with E-state index in [4.69, 9.17) is 5.73 Å². The number of pyridine rings is 1. The van der Waals surface area contributed by atoms with Crippen LogP contribution in [0, 0.1) is 0 Å². The van der Waals surface area contributed by atoms with E-state index in [-0.39, 0.29) is 6.04 Å². The van der Waals surface area contributed by atoms with Gasteiger partial charge >= 0.3 is 0 Å². The number of rotatable bonds is 2. The SMILES string of the molecule is NC1CCC(O)(Cc2ccc3ccccc3n2)CC1. The second-order valence-electron chi connectivity index (χ2n) is 5.73. The Bertz CT molecular complexity index is 574. The van der Waals surface area contributed by atoms with Crippen LogP contribution in [0.25, 0.3) is 10.9 Å². The van der Waals surface area contributed by atoms with Crippen LogP contribution in [0.3, 0.4) is 0 Å². The van der Waals surface area contributed by atoms with E-state index in [0.717, 1.165) is 42.3 Å². The van der Waals surface area contributed by atoms with Gasteiger partial charge in [0.1, 0.15) is 0 Å². The highest BCUT2D eigenvalue weighted by Gasteiger charge is 2.32. The number of nitrogens with zero attached hydrogens (tertiary/aromatic N) is 1. The lowest BCUT2D eigenvalue weighted by Crippen LogP contribution is -2.40. The largest absolute Gasteiger partial charge is 0.389 e. The standard InChI is InChI=1S/C16H20N2O/c17-13-7-9-16(19,10-8-13)11-14-6-5-12-3-1-2-4-15(12)18-14/h1-6,13,19H,7-11,17H2. The van der Waals surface area contributed by atoms with Gasteiger partial charge in [-0.2, -0.15) is 0 Å². The van der Waals surface area contributed by atoms with Crippen LogP contribution in [-0.4, -0.2) is 21.7 Å². The minimum absolute atomic E-state index is 0.254. The minimum Gasteiger partial charge on any atom is -0.389 e. The van der Waals surface area contributed by atoms with Crippen molar-refractivity contribution in [3.63, 3.8) is 0 Å². The van der Waals surface area contributed by atoms with Gasteiger partial charge in [0.25, 0.3) is 0 Å². The molecule has 0 amide bonds. The van der Waals surface area contributed by atoms with Crippen molar-refractivity contribution < 1.29 is 5.11 Å². The van der Waals surface area contributed by atoms with Crippen LogP contribution in [0.5, 0.6) is 0 Å². The topological polar surface area (TPSA) is 59.1 Å². The normalized spacial score (nSPS) is 27.6. The number of hydrogen-bond acceptors (Lipinski definition) is 3. The Morgan fingerprint density at radius 2 is 1.89 bits per heavy atom. The van der Waals surface area contributed by atoms with Gasteiger partial charge in [-0.25, -0.2) is 0 Å². The molecular formula is C16H20N2O. The number of hydrogen-bond donors (Lipinski definition) is 2. The van der Waals surface area contributed by atoms with Crippen molar-refractivity contribution in [3.8, 4) is 0 Å². The van der Waals surface area contributed by atoms with Gasteiger partial charge in [-0.05, 0) is 37.8 Å². The molecule has 0 bridgehead atoms. The second-order valence-corrected chi connectivity index (χ2v) is 5.73. The van der Waals surface area contributed by atoms with Gasteiger partial charge in [-0.1, -0.05) is 24.3 Å². The molecule has 0 radical (unpaired) electrons. The Labute approximate surface area is 113 Å². The lowest BCUT2D eigenvalue weighted by atomic mass is 9.79. The first-order valence-electron chi connectivity index (χ1n) is 6.97. The Hall–Kier alpha value is -1.45. The molecule has 100 valence electrons. The van der Waals surface area contributed by atoms with Crippen LogP contribution in [0.2, 0.25) is 0 Å². The highest BCUT2D eigenvalue weighted by atomic mass is 16.3. The molecule has 1 heterocycles. The minimum atomic E-state index is -0.620. The zero-order chi connectivity index (χ0) is 13.3. The van der Waals surface area contributed by atoms with E-state index in [1.165, 1.54) is 0 Å². The zero-order valence-electron chi connectivity index (χ0n) is 11.0. The fraction of sp³-hybridized carbons (Fsp3) is 0.438. The lowest BCUT2D eigenvalue weighted by Gasteiger charge is -2.34. The summed E-state index contributed by atoms with van der Waals surface area (Å²) in [6, 6.07) is 12.4. The third-order valence-corrected chi connectivity index (χ3v) is 4.13. The predicted molar refractivity (Wildman–Crippen MR) is 76.8 cm³/mol. The number of benzene rings is 1. The van der Waals surface area contributed by atoms with Crippen LogP contribution >= 0.6 is 0 Å². The van der Waals surface area contributed by atoms with Crippen LogP contribution in [0.4, 0.5) is 0 Å². The molecule has 3 nitrogen and oxygen atoms in total. The van der Waals surface area contributed by atoms with Crippen molar-refractivity contribution >= 4 is 10.9 Å². The maximum Gasteiger partial charge on any atom is 0.0705 e. The molecule has 2 aromatic rings. The smallest absolute Gasteiger partial charge is 0.0705 e. The van der Waals surface area contributed by atoms with E-state index in [1.54, 1.807) is 0 Å². The van der Waals surface area contributed by atoms with E-state index in [2.05, 4.69) is 17.1 Å². The first kappa shape index (κ1) is 12.6. The maximum atomic E-state index is 10.6. The summed E-state index contributed by atoms with van der Waals surface area (Å²) in [7, 11) is 0. The number of aliphatic hydroxyl groups is 1. The summed E-state index contributed by atoms with van der Waals surface area (Å²) >= 11 is 0. The van der Waals surface area contributed by atoms with Crippen molar-refractivity contribution in [1.82, 2.24) is 4.98 Å². The van der Waals surface area contributed by atoms with Gasteiger partial charge in [-0.3, -0.25) is 4.98 Å². The van der Waals surface area contributed by atoms with Gasteiger partial charge in [0.2, 0.25) is 0 Å². The second kappa shape index (κ2) is 4.91. The molecule has 1 aliphatic rings. The summed E-state index contributed by atoms with van der Waals surface area (Å²) in [5.74, 6) is 0. The van der Waals surface area contributed by atoms with Crippen LogP contribution in [-0.2, 0) is 6.42 Å². The number of aromatic nitrogens is 1. The van der Waals surface area contributed by atoms with E-state index < -0.39 is 5.60 Å². The highest BCUT2D eigenvalue weighted by molar-refractivity contribution is 5.78. The van der Waals surface area contributed by atoms with Gasteiger partial charge in [0.05, 0.1) is 11.1 Å². The van der Waals surface area contributed by atoms with Crippen molar-refractivity contribution in [2.24, 2.45) is 5.73 Å². The Morgan fingerprint density at radius 3 is 2.68 bits per heavy atom. The van der Waals surface area contributed by atoms with E-state index >= 15 is 0 Å². The van der Waals surface area contributed by atoms with Crippen molar-refractivity contribution in [2.75, 3.05) is 0 Å². The van der Waals surface area contributed by atoms with Crippen molar-refractivity contribution in [2.45, 2.75) is 43.7 Å². The average Bonchev–Trinajstić information content (AvgIpc) is 2.42. The predicted octanol–water partition coefficient (Wildman–Crippen LogP) is 2.41. The van der Waals surface area contributed by atoms with Crippen LogP contribution < -0.4 is 5.73 Å². The summed E-state index contributed by atoms with van der Waals surface area (Å²) in [6.07, 6.45) is 4.00. The summed E-state index contributed by atoms with van der Waals surface area (Å²) in [5, 5.41) is 11.8. The van der Waals surface area contributed by atoms with E-state index in [1.807, 2.05) is 24.3 Å². The number of nitrogens with two attached hydrogens (primary N) is 1. The first-order valence-corrected chi connectivity index (χ1v) is 6.97. The monoisotopic (exact) mass is 256 g/mol. The lowest BCUT2D eigenvalue weighted by molar-refractivity contribution is -0.000522. The molecule has 3 N–H and O–H groups in total. The van der Waals surface area contributed by atoms with Gasteiger partial charge < -0.3 is 10.8 Å². The summed E-state index contributed by atoms with van der Waals surface area (Å²) in [4.78, 5) is 4.64. The van der Waals surface area contributed by atoms with Gasteiger partial charge in [-0.15, -0.1) is 0 Å². The molecule has 1 fully saturated rings. The average molecular weight is 256 g/mol. The van der Waals surface area contributed by atoms with Gasteiger partial charge in [0.15, 0.2) is 0 Å². The molecule has 1 aromatic heterocycles. The molecule has 1 aliphatic carbocycles. The molecule has 0 aliphatic heterocycles. The summed E-state index contributed by atoms with van der Waals surface area (Å²) < 4.78 is 0. The molecule has 0 unspecified atom stereocenters. The molecule has 1 saturated carbocycles. The third-order valence-electron chi connectivity index (χ3n) is 4.13. The van der Waals surface area contributed by atoms with Crippen LogP contribution in [0.1, 0.15) is 31.4 Å². The quantitative estimate of drug-likeness (QED) is 0.867. The van der Waals surface area contributed by atoms with Crippen molar-refractivity contribution in [1.29, 1.82) is 0 Å². The van der Waals surface area contributed by atoms with E-state index in [9.17, 15) is 5.11 Å². The maximum absolute atomic E-state index is 10.6. The molecule has 0 saturated heterocycles. The number of fused-ring (bicyclic) bond motifs is 1. The fourth-order valence-electron chi connectivity index (χ4n) is 2.90. The summed E-state index contributed by atoms with van der Waals surface area (Å²) in [5.41, 5.74) is 7.24. The fourth-order valence-corrected chi connectivity index (χ4v) is 2.90. The molecule has 19 heavy (non-hydrogen) atoms. The molecule has 3 rings (SSSR count). The summed E-state index contributed by atoms with van der Waals surface area (Å²) in [6.45, 7) is 0. The Morgan fingerprint density at radius 1 is 1.16 bits per heavy atom.